The molecule has 1 aromatic heterocycles. The van der Waals surface area contributed by atoms with Gasteiger partial charge in [0.2, 0.25) is 5.13 Å². The van der Waals surface area contributed by atoms with E-state index in [1.165, 1.54) is 23.1 Å². The number of anilines is 1. The molecule has 1 aromatic rings. The Morgan fingerprint density at radius 3 is 3.05 bits per heavy atom. The zero-order valence-electron chi connectivity index (χ0n) is 10.3. The van der Waals surface area contributed by atoms with E-state index in [0.717, 1.165) is 41.9 Å². The predicted molar refractivity (Wildman–Crippen MR) is 72.6 cm³/mol. The minimum Gasteiger partial charge on any atom is -0.465 e. The van der Waals surface area contributed by atoms with Crippen molar-refractivity contribution in [3.05, 3.63) is 0 Å². The molecule has 2 aliphatic rings. The van der Waals surface area contributed by atoms with Crippen LogP contribution in [-0.4, -0.2) is 47.3 Å². The molecule has 104 valence electrons. The molecule has 3 rings (SSSR count). The van der Waals surface area contributed by atoms with Gasteiger partial charge < -0.3 is 14.8 Å². The molecule has 0 aromatic carbocycles. The Labute approximate surface area is 119 Å². The summed E-state index contributed by atoms with van der Waals surface area (Å²) in [7, 11) is 0. The highest BCUT2D eigenvalue weighted by Crippen LogP contribution is 2.33. The summed E-state index contributed by atoms with van der Waals surface area (Å²) < 4.78 is 11.3. The number of aromatic nitrogens is 2. The summed E-state index contributed by atoms with van der Waals surface area (Å²) in [5.74, 6) is -0.144. The van der Waals surface area contributed by atoms with Crippen molar-refractivity contribution in [2.24, 2.45) is 0 Å². The third-order valence-electron chi connectivity index (χ3n) is 3.04. The van der Waals surface area contributed by atoms with Crippen LogP contribution >= 0.6 is 23.1 Å². The van der Waals surface area contributed by atoms with Gasteiger partial charge in [0.15, 0.2) is 4.34 Å². The fraction of sp³-hybridized carbons (Fsp3) is 0.727. The van der Waals surface area contributed by atoms with Crippen LogP contribution in [0.2, 0.25) is 0 Å². The highest BCUT2D eigenvalue weighted by molar-refractivity contribution is 8.02. The van der Waals surface area contributed by atoms with Gasteiger partial charge in [-0.3, -0.25) is 4.79 Å². The maximum Gasteiger partial charge on any atom is 0.319 e. The summed E-state index contributed by atoms with van der Waals surface area (Å²) in [6, 6.07) is 0. The zero-order valence-corrected chi connectivity index (χ0v) is 12.0. The molecular weight excluding hydrogens is 286 g/mol. The average Bonchev–Trinajstić information content (AvgIpc) is 3.12. The number of esters is 1. The van der Waals surface area contributed by atoms with Crippen molar-refractivity contribution in [1.82, 2.24) is 10.2 Å². The van der Waals surface area contributed by atoms with Crippen LogP contribution in [0.5, 0.6) is 0 Å². The second-order valence-corrected chi connectivity index (χ2v) is 6.88. The van der Waals surface area contributed by atoms with Gasteiger partial charge in [-0.1, -0.05) is 23.1 Å². The third-order valence-corrected chi connectivity index (χ3v) is 5.25. The van der Waals surface area contributed by atoms with Gasteiger partial charge in [0.25, 0.3) is 0 Å². The second kappa shape index (κ2) is 6.06. The topological polar surface area (TPSA) is 73.3 Å². The number of hydrogen-bond donors (Lipinski definition) is 1. The number of thioether (sulfide) groups is 1. The van der Waals surface area contributed by atoms with Gasteiger partial charge in [-0.2, -0.15) is 0 Å². The van der Waals surface area contributed by atoms with Crippen LogP contribution in [-0.2, 0) is 14.3 Å². The quantitative estimate of drug-likeness (QED) is 0.827. The van der Waals surface area contributed by atoms with Crippen molar-refractivity contribution in [3.63, 3.8) is 0 Å². The third kappa shape index (κ3) is 3.37. The Morgan fingerprint density at radius 2 is 2.32 bits per heavy atom. The van der Waals surface area contributed by atoms with Gasteiger partial charge in [0, 0.05) is 19.6 Å². The van der Waals surface area contributed by atoms with Crippen LogP contribution < -0.4 is 5.32 Å². The molecule has 2 saturated heterocycles. The summed E-state index contributed by atoms with van der Waals surface area (Å²) in [6.07, 6.45) is 3.26. The Hall–Kier alpha value is -0.860. The standard InChI is InChI=1S/C11H15N3O3S2/c15-9-8(3-5-17-9)18-11-14-13-10(19-11)12-6-7-2-1-4-16-7/h7-8H,1-6H2,(H,12,13)/t7-,8-/m1/s1. The SMILES string of the molecule is O=C1OCC[C@H]1Sc1nnc(NC[C@H]2CCCO2)s1. The molecule has 0 spiro atoms. The van der Waals surface area contributed by atoms with Gasteiger partial charge in [-0.25, -0.2) is 0 Å². The van der Waals surface area contributed by atoms with E-state index in [-0.39, 0.29) is 17.3 Å². The van der Waals surface area contributed by atoms with E-state index in [9.17, 15) is 4.79 Å². The molecule has 8 heteroatoms. The minimum absolute atomic E-state index is 0.126. The summed E-state index contributed by atoms with van der Waals surface area (Å²) in [5.41, 5.74) is 0. The molecule has 1 N–H and O–H groups in total. The number of rotatable bonds is 5. The van der Waals surface area contributed by atoms with Crippen molar-refractivity contribution < 1.29 is 14.3 Å². The van der Waals surface area contributed by atoms with Crippen LogP contribution in [0.15, 0.2) is 4.34 Å². The van der Waals surface area contributed by atoms with Crippen molar-refractivity contribution in [2.45, 2.75) is 35.0 Å². The number of carbonyl (C=O) groups excluding carboxylic acids is 1. The second-order valence-electron chi connectivity index (χ2n) is 4.45. The first kappa shape index (κ1) is 13.1. The Kier molecular flexibility index (Phi) is 4.19. The molecule has 2 atom stereocenters. The Bertz CT molecular complexity index is 448. The van der Waals surface area contributed by atoms with Crippen LogP contribution in [0.1, 0.15) is 19.3 Å². The maximum absolute atomic E-state index is 11.4. The van der Waals surface area contributed by atoms with Crippen LogP contribution in [0.3, 0.4) is 0 Å². The normalized spacial score (nSPS) is 26.6. The number of cyclic esters (lactones) is 1. The van der Waals surface area contributed by atoms with Crippen LogP contribution in [0.25, 0.3) is 0 Å². The summed E-state index contributed by atoms with van der Waals surface area (Å²) in [4.78, 5) is 11.4. The van der Waals surface area contributed by atoms with Crippen LogP contribution in [0, 0.1) is 0 Å². The molecular formula is C11H15N3O3S2. The molecule has 0 amide bonds. The maximum atomic E-state index is 11.4. The van der Waals surface area contributed by atoms with E-state index in [4.69, 9.17) is 9.47 Å². The minimum atomic E-state index is -0.144. The van der Waals surface area contributed by atoms with E-state index in [0.29, 0.717) is 6.61 Å². The summed E-state index contributed by atoms with van der Waals surface area (Å²) in [6.45, 7) is 2.14. The van der Waals surface area contributed by atoms with Gasteiger partial charge >= 0.3 is 5.97 Å². The smallest absolute Gasteiger partial charge is 0.319 e. The highest BCUT2D eigenvalue weighted by atomic mass is 32.2. The van der Waals surface area contributed by atoms with Crippen molar-refractivity contribution >= 4 is 34.2 Å². The van der Waals surface area contributed by atoms with Gasteiger partial charge in [0.05, 0.1) is 12.7 Å². The van der Waals surface area contributed by atoms with Crippen LogP contribution in [0.4, 0.5) is 5.13 Å². The number of hydrogen-bond acceptors (Lipinski definition) is 8. The van der Waals surface area contributed by atoms with Gasteiger partial charge in [-0.05, 0) is 12.8 Å². The van der Waals surface area contributed by atoms with E-state index in [1.807, 2.05) is 0 Å². The van der Waals surface area contributed by atoms with Crippen molar-refractivity contribution in [3.8, 4) is 0 Å². The number of nitrogens with zero attached hydrogens (tertiary/aromatic N) is 2. The lowest BCUT2D eigenvalue weighted by Crippen LogP contribution is -2.18. The lowest BCUT2D eigenvalue weighted by molar-refractivity contribution is -0.137. The van der Waals surface area contributed by atoms with Crippen molar-refractivity contribution in [2.75, 3.05) is 25.1 Å². The van der Waals surface area contributed by atoms with E-state index < -0.39 is 0 Å². The molecule has 19 heavy (non-hydrogen) atoms. The van der Waals surface area contributed by atoms with Gasteiger partial charge in [-0.15, -0.1) is 10.2 Å². The average molecular weight is 301 g/mol. The summed E-state index contributed by atoms with van der Waals surface area (Å²) >= 11 is 2.91. The largest absolute Gasteiger partial charge is 0.465 e. The molecule has 0 unspecified atom stereocenters. The molecule has 0 radical (unpaired) electrons. The molecule has 3 heterocycles. The number of carbonyl (C=O) groups is 1. The fourth-order valence-corrected chi connectivity index (χ4v) is 4.01. The van der Waals surface area contributed by atoms with E-state index in [1.54, 1.807) is 0 Å². The first-order chi connectivity index (χ1) is 9.31. The Morgan fingerprint density at radius 1 is 1.37 bits per heavy atom. The highest BCUT2D eigenvalue weighted by Gasteiger charge is 2.28. The Balaban J connectivity index is 1.49. The van der Waals surface area contributed by atoms with E-state index in [2.05, 4.69) is 15.5 Å². The zero-order chi connectivity index (χ0) is 13.1. The van der Waals surface area contributed by atoms with Crippen molar-refractivity contribution in [1.29, 1.82) is 0 Å². The molecule has 0 bridgehead atoms. The fourth-order valence-electron chi connectivity index (χ4n) is 2.04. The van der Waals surface area contributed by atoms with Gasteiger partial charge in [0.1, 0.15) is 5.25 Å². The molecule has 0 aliphatic carbocycles. The predicted octanol–water partition coefficient (Wildman–Crippen LogP) is 1.54. The molecule has 2 fully saturated rings. The molecule has 6 nitrogen and oxygen atoms in total. The monoisotopic (exact) mass is 301 g/mol. The molecule has 2 aliphatic heterocycles. The molecule has 0 saturated carbocycles. The first-order valence-electron chi connectivity index (χ1n) is 6.33. The lowest BCUT2D eigenvalue weighted by Gasteiger charge is -2.08. The van der Waals surface area contributed by atoms with E-state index >= 15 is 0 Å². The lowest BCUT2D eigenvalue weighted by atomic mass is 10.2. The number of nitrogens with one attached hydrogen (secondary N) is 1. The number of ether oxygens (including phenoxy) is 2. The summed E-state index contributed by atoms with van der Waals surface area (Å²) in [5, 5.41) is 12.0. The first-order valence-corrected chi connectivity index (χ1v) is 8.03.